The second-order valence-electron chi connectivity index (χ2n) is 4.14. The maximum atomic E-state index is 12.8. The lowest BCUT2D eigenvalue weighted by molar-refractivity contribution is 0.466. The van der Waals surface area contributed by atoms with E-state index in [1.807, 2.05) is 0 Å². The van der Waals surface area contributed by atoms with E-state index < -0.39 is 10.0 Å². The summed E-state index contributed by atoms with van der Waals surface area (Å²) in [5.41, 5.74) is 0.738. The Labute approximate surface area is 127 Å². The lowest BCUT2D eigenvalue weighted by Crippen LogP contribution is -2.27. The van der Waals surface area contributed by atoms with Crippen LogP contribution in [0, 0.1) is 5.82 Å². The van der Waals surface area contributed by atoms with Gasteiger partial charge < -0.3 is 4.42 Å². The van der Waals surface area contributed by atoms with Crippen molar-refractivity contribution in [1.82, 2.24) is 9.71 Å². The molecule has 2 rings (SSSR count). The highest BCUT2D eigenvalue weighted by Gasteiger charge is 2.08. The van der Waals surface area contributed by atoms with Gasteiger partial charge in [0.05, 0.1) is 11.9 Å². The van der Waals surface area contributed by atoms with Crippen LogP contribution in [0.1, 0.15) is 6.92 Å². The molecular formula is C13H15FN2O3S2. The zero-order valence-electron chi connectivity index (χ0n) is 11.4. The second kappa shape index (κ2) is 7.06. The largest absolute Gasteiger partial charge is 0.431 e. The van der Waals surface area contributed by atoms with Gasteiger partial charge in [0.2, 0.25) is 10.0 Å². The van der Waals surface area contributed by atoms with E-state index in [0.29, 0.717) is 23.3 Å². The Bertz CT molecular complexity index is 684. The summed E-state index contributed by atoms with van der Waals surface area (Å²) < 4.78 is 43.3. The minimum absolute atomic E-state index is 0.0609. The lowest BCUT2D eigenvalue weighted by atomic mass is 10.2. The van der Waals surface area contributed by atoms with Gasteiger partial charge in [-0.3, -0.25) is 0 Å². The van der Waals surface area contributed by atoms with Crippen molar-refractivity contribution in [1.29, 1.82) is 0 Å². The molecule has 21 heavy (non-hydrogen) atoms. The average Bonchev–Trinajstić information content (AvgIpc) is 2.93. The maximum Gasteiger partial charge on any atom is 0.256 e. The van der Waals surface area contributed by atoms with Gasteiger partial charge in [0, 0.05) is 17.9 Å². The SMILES string of the molecule is CCS(=O)(=O)NCCSc1ncc(-c2ccc(F)cc2)o1. The molecule has 0 aliphatic carbocycles. The van der Waals surface area contributed by atoms with Gasteiger partial charge >= 0.3 is 0 Å². The lowest BCUT2D eigenvalue weighted by Gasteiger charge is -2.02. The molecule has 1 aromatic carbocycles. The molecule has 0 saturated heterocycles. The van der Waals surface area contributed by atoms with Crippen molar-refractivity contribution in [2.24, 2.45) is 0 Å². The molecule has 0 atom stereocenters. The van der Waals surface area contributed by atoms with Crippen molar-refractivity contribution in [3.05, 3.63) is 36.3 Å². The summed E-state index contributed by atoms with van der Waals surface area (Å²) in [6.45, 7) is 1.90. The van der Waals surface area contributed by atoms with Gasteiger partial charge in [0.1, 0.15) is 5.82 Å². The number of rotatable bonds is 7. The molecule has 0 radical (unpaired) electrons. The van der Waals surface area contributed by atoms with Crippen LogP contribution in [-0.2, 0) is 10.0 Å². The molecule has 1 N–H and O–H groups in total. The third kappa shape index (κ3) is 4.83. The molecule has 8 heteroatoms. The minimum Gasteiger partial charge on any atom is -0.431 e. The van der Waals surface area contributed by atoms with Gasteiger partial charge in [-0.1, -0.05) is 11.8 Å². The zero-order chi connectivity index (χ0) is 15.3. The van der Waals surface area contributed by atoms with Gasteiger partial charge in [0.15, 0.2) is 5.76 Å². The van der Waals surface area contributed by atoms with E-state index in [1.54, 1.807) is 25.3 Å². The summed E-state index contributed by atoms with van der Waals surface area (Å²) in [6, 6.07) is 5.92. The van der Waals surface area contributed by atoms with Gasteiger partial charge in [-0.25, -0.2) is 22.5 Å². The van der Waals surface area contributed by atoms with Crippen molar-refractivity contribution in [2.45, 2.75) is 12.1 Å². The summed E-state index contributed by atoms with van der Waals surface area (Å²) in [7, 11) is -3.17. The van der Waals surface area contributed by atoms with E-state index in [-0.39, 0.29) is 11.6 Å². The van der Waals surface area contributed by atoms with E-state index in [4.69, 9.17) is 4.42 Å². The van der Waals surface area contributed by atoms with Crippen LogP contribution in [-0.4, -0.2) is 31.5 Å². The van der Waals surface area contributed by atoms with Crippen molar-refractivity contribution >= 4 is 21.8 Å². The molecule has 5 nitrogen and oxygen atoms in total. The Kier molecular flexibility index (Phi) is 5.38. The summed E-state index contributed by atoms with van der Waals surface area (Å²) in [5, 5.41) is 0.449. The molecule has 0 saturated carbocycles. The summed E-state index contributed by atoms with van der Waals surface area (Å²) in [6.07, 6.45) is 1.56. The van der Waals surface area contributed by atoms with E-state index in [2.05, 4.69) is 9.71 Å². The van der Waals surface area contributed by atoms with Gasteiger partial charge in [0.25, 0.3) is 5.22 Å². The number of halogens is 1. The number of nitrogens with zero attached hydrogens (tertiary/aromatic N) is 1. The molecule has 0 spiro atoms. The Morgan fingerprint density at radius 2 is 2.05 bits per heavy atom. The first-order valence-corrected chi connectivity index (χ1v) is 8.96. The van der Waals surface area contributed by atoms with Crippen LogP contribution in [0.3, 0.4) is 0 Å². The number of sulfonamides is 1. The van der Waals surface area contributed by atoms with Crippen LogP contribution in [0.5, 0.6) is 0 Å². The van der Waals surface area contributed by atoms with Crippen LogP contribution < -0.4 is 4.72 Å². The van der Waals surface area contributed by atoms with E-state index >= 15 is 0 Å². The Hall–Kier alpha value is -1.38. The topological polar surface area (TPSA) is 72.2 Å². The third-order valence-corrected chi connectivity index (χ3v) is 4.89. The molecule has 114 valence electrons. The quantitative estimate of drug-likeness (QED) is 0.624. The second-order valence-corrected chi connectivity index (χ2v) is 7.29. The molecule has 0 bridgehead atoms. The Morgan fingerprint density at radius 1 is 1.33 bits per heavy atom. The van der Waals surface area contributed by atoms with Crippen molar-refractivity contribution in [2.75, 3.05) is 18.1 Å². The Morgan fingerprint density at radius 3 is 2.71 bits per heavy atom. The number of nitrogens with one attached hydrogen (secondary N) is 1. The van der Waals surface area contributed by atoms with Gasteiger partial charge in [-0.05, 0) is 31.2 Å². The van der Waals surface area contributed by atoms with Crippen LogP contribution in [0.15, 0.2) is 40.1 Å². The first-order valence-electron chi connectivity index (χ1n) is 6.32. The summed E-state index contributed by atoms with van der Waals surface area (Å²) in [5.74, 6) is 0.816. The molecule has 0 aliphatic heterocycles. The highest BCUT2D eigenvalue weighted by Crippen LogP contribution is 2.25. The Balaban J connectivity index is 1.87. The molecule has 0 unspecified atom stereocenters. The van der Waals surface area contributed by atoms with Crippen molar-refractivity contribution < 1.29 is 17.2 Å². The fourth-order valence-corrected chi connectivity index (χ4v) is 2.91. The van der Waals surface area contributed by atoms with E-state index in [9.17, 15) is 12.8 Å². The number of oxazole rings is 1. The highest BCUT2D eigenvalue weighted by atomic mass is 32.2. The number of aromatic nitrogens is 1. The van der Waals surface area contributed by atoms with Crippen LogP contribution >= 0.6 is 11.8 Å². The zero-order valence-corrected chi connectivity index (χ0v) is 13.0. The molecule has 2 aromatic rings. The monoisotopic (exact) mass is 330 g/mol. The standard InChI is InChI=1S/C13H15FN2O3S2/c1-2-21(17,18)16-7-8-20-13-15-9-12(19-13)10-3-5-11(14)6-4-10/h3-6,9,16H,2,7-8H2,1H3. The first kappa shape index (κ1) is 16.0. The highest BCUT2D eigenvalue weighted by molar-refractivity contribution is 7.99. The smallest absolute Gasteiger partial charge is 0.256 e. The maximum absolute atomic E-state index is 12.8. The van der Waals surface area contributed by atoms with Gasteiger partial charge in [-0.15, -0.1) is 0 Å². The molecular weight excluding hydrogens is 315 g/mol. The third-order valence-electron chi connectivity index (χ3n) is 2.64. The van der Waals surface area contributed by atoms with Crippen LogP contribution in [0.4, 0.5) is 4.39 Å². The molecule has 1 heterocycles. The van der Waals surface area contributed by atoms with Crippen LogP contribution in [0.25, 0.3) is 11.3 Å². The van der Waals surface area contributed by atoms with Gasteiger partial charge in [-0.2, -0.15) is 0 Å². The molecule has 1 aromatic heterocycles. The summed E-state index contributed by atoms with van der Waals surface area (Å²) in [4.78, 5) is 4.09. The van der Waals surface area contributed by atoms with Crippen LogP contribution in [0.2, 0.25) is 0 Å². The molecule has 0 fully saturated rings. The molecule has 0 aliphatic rings. The fraction of sp³-hybridized carbons (Fsp3) is 0.308. The fourth-order valence-electron chi connectivity index (χ4n) is 1.51. The predicted molar refractivity (Wildman–Crippen MR) is 80.1 cm³/mol. The normalized spacial score (nSPS) is 11.7. The van der Waals surface area contributed by atoms with E-state index in [1.165, 1.54) is 23.9 Å². The van der Waals surface area contributed by atoms with Crippen molar-refractivity contribution in [3.8, 4) is 11.3 Å². The minimum atomic E-state index is -3.17. The number of benzene rings is 1. The van der Waals surface area contributed by atoms with E-state index in [0.717, 1.165) is 5.56 Å². The number of hydrogen-bond donors (Lipinski definition) is 1. The first-order chi connectivity index (χ1) is 10.00. The predicted octanol–water partition coefficient (Wildman–Crippen LogP) is 2.51. The number of thioether (sulfide) groups is 1. The average molecular weight is 330 g/mol. The molecule has 0 amide bonds. The van der Waals surface area contributed by atoms with Crippen molar-refractivity contribution in [3.63, 3.8) is 0 Å². The number of hydrogen-bond acceptors (Lipinski definition) is 5. The summed E-state index contributed by atoms with van der Waals surface area (Å²) >= 11 is 1.31.